The van der Waals surface area contributed by atoms with Gasteiger partial charge < -0.3 is 14.1 Å². The zero-order valence-electron chi connectivity index (χ0n) is 13.7. The number of furan rings is 1. The molecule has 0 aliphatic carbocycles. The average Bonchev–Trinajstić information content (AvgIpc) is 3.20. The van der Waals surface area contributed by atoms with Gasteiger partial charge in [0.05, 0.1) is 19.3 Å². The first kappa shape index (κ1) is 15.0. The van der Waals surface area contributed by atoms with Crippen molar-refractivity contribution in [2.75, 3.05) is 19.7 Å². The molecule has 2 aromatic heterocycles. The van der Waals surface area contributed by atoms with Crippen LogP contribution < -0.4 is 0 Å². The van der Waals surface area contributed by atoms with E-state index in [1.54, 1.807) is 15.8 Å². The molecule has 1 aliphatic heterocycles. The molecule has 1 aliphatic rings. The number of fused-ring (bicyclic) bond motifs is 1. The second-order valence-electron chi connectivity index (χ2n) is 6.21. The Bertz CT molecular complexity index is 896. The smallest absolute Gasteiger partial charge is 0.289 e. The number of rotatable bonds is 2. The first-order valence-corrected chi connectivity index (χ1v) is 8.00. The first-order valence-electron chi connectivity index (χ1n) is 8.00. The van der Waals surface area contributed by atoms with Crippen molar-refractivity contribution in [3.63, 3.8) is 0 Å². The first-order chi connectivity index (χ1) is 11.6. The standard InChI is InChI=1S/C18H19N3O3/c1-12-3-4-15-13(7-12)8-16(24-15)18(22)21-5-6-23-17(11-21)14-9-19-20(2)10-14/h3-4,7-10,17H,5-6,11H2,1-2H3/t17-/m0/s1. The lowest BCUT2D eigenvalue weighted by molar-refractivity contribution is -0.0237. The lowest BCUT2D eigenvalue weighted by atomic mass is 10.1. The summed E-state index contributed by atoms with van der Waals surface area (Å²) in [5.74, 6) is 0.281. The van der Waals surface area contributed by atoms with Crippen molar-refractivity contribution in [1.29, 1.82) is 0 Å². The summed E-state index contributed by atoms with van der Waals surface area (Å²) >= 11 is 0. The quantitative estimate of drug-likeness (QED) is 0.727. The van der Waals surface area contributed by atoms with E-state index in [-0.39, 0.29) is 12.0 Å². The van der Waals surface area contributed by atoms with Gasteiger partial charge in [-0.3, -0.25) is 9.48 Å². The summed E-state index contributed by atoms with van der Waals surface area (Å²) in [6.45, 7) is 3.59. The summed E-state index contributed by atoms with van der Waals surface area (Å²) in [7, 11) is 1.87. The topological polar surface area (TPSA) is 60.5 Å². The number of carbonyl (C=O) groups excluding carboxylic acids is 1. The Morgan fingerprint density at radius 3 is 3.00 bits per heavy atom. The van der Waals surface area contributed by atoms with Gasteiger partial charge in [0.15, 0.2) is 5.76 Å². The molecular formula is C18H19N3O3. The van der Waals surface area contributed by atoms with Gasteiger partial charge >= 0.3 is 0 Å². The van der Waals surface area contributed by atoms with E-state index in [1.807, 2.05) is 44.4 Å². The largest absolute Gasteiger partial charge is 0.451 e. The fourth-order valence-electron chi connectivity index (χ4n) is 3.07. The predicted octanol–water partition coefficient (Wildman–Crippen LogP) is 2.69. The summed E-state index contributed by atoms with van der Waals surface area (Å²) in [6.07, 6.45) is 3.55. The van der Waals surface area contributed by atoms with Crippen LogP contribution in [0.3, 0.4) is 0 Å². The predicted molar refractivity (Wildman–Crippen MR) is 88.8 cm³/mol. The van der Waals surface area contributed by atoms with Crippen LogP contribution in [0.1, 0.15) is 27.8 Å². The Morgan fingerprint density at radius 1 is 1.33 bits per heavy atom. The minimum Gasteiger partial charge on any atom is -0.451 e. The Hall–Kier alpha value is -2.60. The van der Waals surface area contributed by atoms with E-state index in [1.165, 1.54) is 0 Å². The van der Waals surface area contributed by atoms with Crippen molar-refractivity contribution < 1.29 is 13.9 Å². The fraction of sp³-hybridized carbons (Fsp3) is 0.333. The van der Waals surface area contributed by atoms with E-state index in [9.17, 15) is 4.79 Å². The van der Waals surface area contributed by atoms with Gasteiger partial charge in [-0.1, -0.05) is 11.6 Å². The van der Waals surface area contributed by atoms with Crippen molar-refractivity contribution in [3.8, 4) is 0 Å². The van der Waals surface area contributed by atoms with Crippen LogP contribution in [-0.2, 0) is 11.8 Å². The van der Waals surface area contributed by atoms with Crippen LogP contribution in [0, 0.1) is 6.92 Å². The van der Waals surface area contributed by atoms with Gasteiger partial charge in [0.2, 0.25) is 0 Å². The Kier molecular flexibility index (Phi) is 3.61. The number of aromatic nitrogens is 2. The zero-order valence-corrected chi connectivity index (χ0v) is 13.7. The number of carbonyl (C=O) groups is 1. The normalized spacial score (nSPS) is 18.2. The minimum atomic E-state index is -0.150. The van der Waals surface area contributed by atoms with E-state index in [4.69, 9.17) is 9.15 Å². The molecule has 0 bridgehead atoms. The summed E-state index contributed by atoms with van der Waals surface area (Å²) in [4.78, 5) is 14.6. The Labute approximate surface area is 139 Å². The lowest BCUT2D eigenvalue weighted by Gasteiger charge is -2.32. The molecule has 0 saturated carbocycles. The third kappa shape index (κ3) is 2.69. The summed E-state index contributed by atoms with van der Waals surface area (Å²) in [5.41, 5.74) is 2.86. The molecule has 3 heterocycles. The molecule has 24 heavy (non-hydrogen) atoms. The molecule has 3 aromatic rings. The van der Waals surface area contributed by atoms with Crippen LogP contribution in [0.2, 0.25) is 0 Å². The number of morpholine rings is 1. The van der Waals surface area contributed by atoms with Crippen molar-refractivity contribution in [2.24, 2.45) is 7.05 Å². The molecule has 0 N–H and O–H groups in total. The van der Waals surface area contributed by atoms with E-state index >= 15 is 0 Å². The van der Waals surface area contributed by atoms with Gasteiger partial charge in [-0.2, -0.15) is 5.10 Å². The highest BCUT2D eigenvalue weighted by atomic mass is 16.5. The van der Waals surface area contributed by atoms with Gasteiger partial charge in [0.1, 0.15) is 11.7 Å². The molecule has 1 aromatic carbocycles. The van der Waals surface area contributed by atoms with E-state index in [2.05, 4.69) is 5.10 Å². The van der Waals surface area contributed by atoms with Gasteiger partial charge in [0, 0.05) is 30.7 Å². The number of nitrogens with zero attached hydrogens (tertiary/aromatic N) is 3. The summed E-state index contributed by atoms with van der Waals surface area (Å²) in [5, 5.41) is 5.13. The average molecular weight is 325 g/mol. The van der Waals surface area contributed by atoms with E-state index in [0.29, 0.717) is 25.5 Å². The number of hydrogen-bond donors (Lipinski definition) is 0. The van der Waals surface area contributed by atoms with E-state index in [0.717, 1.165) is 22.1 Å². The number of hydrogen-bond acceptors (Lipinski definition) is 4. The maximum Gasteiger partial charge on any atom is 0.289 e. The summed E-state index contributed by atoms with van der Waals surface area (Å²) in [6, 6.07) is 7.72. The monoisotopic (exact) mass is 325 g/mol. The van der Waals surface area contributed by atoms with E-state index < -0.39 is 0 Å². The molecule has 0 spiro atoms. The molecular weight excluding hydrogens is 306 g/mol. The third-order valence-corrected chi connectivity index (χ3v) is 4.33. The number of amides is 1. The number of ether oxygens (including phenoxy) is 1. The highest BCUT2D eigenvalue weighted by Crippen LogP contribution is 2.25. The molecule has 1 atom stereocenters. The maximum absolute atomic E-state index is 12.8. The van der Waals surface area contributed by atoms with Crippen LogP contribution in [0.25, 0.3) is 11.0 Å². The van der Waals surface area contributed by atoms with Gasteiger partial charge in [-0.25, -0.2) is 0 Å². The molecule has 4 rings (SSSR count). The Morgan fingerprint density at radius 2 is 2.21 bits per heavy atom. The summed E-state index contributed by atoms with van der Waals surface area (Å²) < 4.78 is 13.3. The van der Waals surface area contributed by atoms with Crippen LogP contribution >= 0.6 is 0 Å². The van der Waals surface area contributed by atoms with Crippen molar-refractivity contribution in [2.45, 2.75) is 13.0 Å². The van der Waals surface area contributed by atoms with Crippen molar-refractivity contribution in [3.05, 3.63) is 53.5 Å². The van der Waals surface area contributed by atoms with Gasteiger partial charge in [-0.15, -0.1) is 0 Å². The molecule has 0 radical (unpaired) electrons. The van der Waals surface area contributed by atoms with Crippen LogP contribution in [0.15, 0.2) is 41.1 Å². The molecule has 6 nitrogen and oxygen atoms in total. The highest BCUT2D eigenvalue weighted by Gasteiger charge is 2.28. The second-order valence-corrected chi connectivity index (χ2v) is 6.21. The second kappa shape index (κ2) is 5.79. The Balaban J connectivity index is 1.56. The van der Waals surface area contributed by atoms with Crippen LogP contribution in [0.4, 0.5) is 0 Å². The number of aryl methyl sites for hydroxylation is 2. The van der Waals surface area contributed by atoms with Crippen molar-refractivity contribution in [1.82, 2.24) is 14.7 Å². The minimum absolute atomic E-state index is 0.0963. The SMILES string of the molecule is Cc1ccc2oc(C(=O)N3CCO[C@H](c4cnn(C)c4)C3)cc2c1. The van der Waals surface area contributed by atoms with Crippen LogP contribution in [0.5, 0.6) is 0 Å². The fourth-order valence-corrected chi connectivity index (χ4v) is 3.07. The maximum atomic E-state index is 12.8. The molecule has 1 fully saturated rings. The number of benzene rings is 1. The molecule has 124 valence electrons. The molecule has 1 amide bonds. The molecule has 1 saturated heterocycles. The van der Waals surface area contributed by atoms with Gasteiger partial charge in [0.25, 0.3) is 5.91 Å². The third-order valence-electron chi connectivity index (χ3n) is 4.33. The molecule has 6 heteroatoms. The van der Waals surface area contributed by atoms with Crippen LogP contribution in [-0.4, -0.2) is 40.3 Å². The highest BCUT2D eigenvalue weighted by molar-refractivity contribution is 5.96. The van der Waals surface area contributed by atoms with Gasteiger partial charge in [-0.05, 0) is 25.1 Å². The molecule has 0 unspecified atom stereocenters. The zero-order chi connectivity index (χ0) is 16.7. The van der Waals surface area contributed by atoms with Crippen molar-refractivity contribution >= 4 is 16.9 Å². The lowest BCUT2D eigenvalue weighted by Crippen LogP contribution is -2.42.